The van der Waals surface area contributed by atoms with Crippen molar-refractivity contribution in [3.05, 3.63) is 21.5 Å². The van der Waals surface area contributed by atoms with E-state index in [9.17, 15) is 23.3 Å². The first-order valence-electron chi connectivity index (χ1n) is 4.83. The highest BCUT2D eigenvalue weighted by Gasteiger charge is 2.41. The molecule has 1 unspecified atom stereocenters. The number of rotatable bonds is 3. The third-order valence-electron chi connectivity index (χ3n) is 2.43. The first-order valence-corrected chi connectivity index (χ1v) is 4.83. The van der Waals surface area contributed by atoms with E-state index in [0.29, 0.717) is 0 Å². The molecular weight excluding hydrogens is 253 g/mol. The van der Waals surface area contributed by atoms with E-state index in [1.54, 1.807) is 0 Å². The molecule has 0 aliphatic rings. The first-order chi connectivity index (χ1) is 8.18. The average molecular weight is 262 g/mol. The van der Waals surface area contributed by atoms with Crippen molar-refractivity contribution in [3.8, 4) is 6.07 Å². The number of halogens is 3. The SMILES string of the molecule is Cc1nn(CC(C#N)C(F)(F)F)c(C)c1[N+](=O)[O-]. The van der Waals surface area contributed by atoms with Crippen molar-refractivity contribution in [1.82, 2.24) is 9.78 Å². The van der Waals surface area contributed by atoms with Gasteiger partial charge in [0.25, 0.3) is 0 Å². The van der Waals surface area contributed by atoms with Gasteiger partial charge in [-0.2, -0.15) is 23.5 Å². The van der Waals surface area contributed by atoms with Gasteiger partial charge in [0.15, 0.2) is 5.92 Å². The summed E-state index contributed by atoms with van der Waals surface area (Å²) in [5.41, 5.74) is -0.299. The summed E-state index contributed by atoms with van der Waals surface area (Å²) in [6, 6.07) is 1.12. The van der Waals surface area contributed by atoms with Gasteiger partial charge in [-0.15, -0.1) is 0 Å². The summed E-state index contributed by atoms with van der Waals surface area (Å²) in [6.07, 6.45) is -4.68. The molecular formula is C9H9F3N4O2. The van der Waals surface area contributed by atoms with E-state index < -0.39 is 23.6 Å². The lowest BCUT2D eigenvalue weighted by Crippen LogP contribution is -2.27. The summed E-state index contributed by atoms with van der Waals surface area (Å²) in [5.74, 6) is -2.24. The normalized spacial score (nSPS) is 13.1. The fourth-order valence-electron chi connectivity index (χ4n) is 1.52. The smallest absolute Gasteiger partial charge is 0.261 e. The Morgan fingerprint density at radius 3 is 2.44 bits per heavy atom. The first kappa shape index (κ1) is 14.0. The summed E-state index contributed by atoms with van der Waals surface area (Å²) < 4.78 is 38.1. The number of nitro groups is 1. The highest BCUT2D eigenvalue weighted by atomic mass is 19.4. The minimum absolute atomic E-state index is 0.00185. The van der Waals surface area contributed by atoms with Crippen molar-refractivity contribution in [2.45, 2.75) is 26.6 Å². The van der Waals surface area contributed by atoms with Crippen LogP contribution in [0.4, 0.5) is 18.9 Å². The van der Waals surface area contributed by atoms with Crippen LogP contribution in [0.15, 0.2) is 0 Å². The van der Waals surface area contributed by atoms with Crippen LogP contribution in [0, 0.1) is 41.2 Å². The van der Waals surface area contributed by atoms with E-state index in [2.05, 4.69) is 5.10 Å². The number of aryl methyl sites for hydroxylation is 1. The predicted molar refractivity (Wildman–Crippen MR) is 53.5 cm³/mol. The number of hydrogen-bond acceptors (Lipinski definition) is 4. The minimum Gasteiger partial charge on any atom is -0.261 e. The zero-order valence-corrected chi connectivity index (χ0v) is 9.52. The molecule has 6 nitrogen and oxygen atoms in total. The number of aromatic nitrogens is 2. The minimum atomic E-state index is -4.68. The molecule has 0 N–H and O–H groups in total. The molecule has 9 heteroatoms. The Morgan fingerprint density at radius 2 is 2.11 bits per heavy atom. The number of nitriles is 1. The van der Waals surface area contributed by atoms with Crippen molar-refractivity contribution in [2.75, 3.05) is 0 Å². The Hall–Kier alpha value is -2.11. The van der Waals surface area contributed by atoms with Crippen molar-refractivity contribution < 1.29 is 18.1 Å². The summed E-state index contributed by atoms with van der Waals surface area (Å²) in [7, 11) is 0. The van der Waals surface area contributed by atoms with E-state index in [-0.39, 0.29) is 17.1 Å². The molecule has 1 aromatic heterocycles. The Balaban J connectivity index is 3.11. The van der Waals surface area contributed by atoms with E-state index in [1.807, 2.05) is 0 Å². The number of alkyl halides is 3. The maximum absolute atomic E-state index is 12.4. The predicted octanol–water partition coefficient (Wildman–Crippen LogP) is 2.11. The van der Waals surface area contributed by atoms with Crippen LogP contribution in [0.2, 0.25) is 0 Å². The van der Waals surface area contributed by atoms with Crippen LogP contribution in [-0.2, 0) is 6.54 Å². The second-order valence-electron chi connectivity index (χ2n) is 3.68. The largest absolute Gasteiger partial charge is 0.406 e. The Kier molecular flexibility index (Phi) is 3.59. The number of hydrogen-bond donors (Lipinski definition) is 0. The van der Waals surface area contributed by atoms with E-state index in [1.165, 1.54) is 13.8 Å². The fourth-order valence-corrected chi connectivity index (χ4v) is 1.52. The van der Waals surface area contributed by atoms with Crippen LogP contribution in [0.3, 0.4) is 0 Å². The highest BCUT2D eigenvalue weighted by Crippen LogP contribution is 2.29. The Morgan fingerprint density at radius 1 is 1.56 bits per heavy atom. The van der Waals surface area contributed by atoms with Gasteiger partial charge in [-0.3, -0.25) is 14.8 Å². The van der Waals surface area contributed by atoms with Crippen LogP contribution < -0.4 is 0 Å². The van der Waals surface area contributed by atoms with Crippen LogP contribution in [0.5, 0.6) is 0 Å². The van der Waals surface area contributed by atoms with Gasteiger partial charge in [0.2, 0.25) is 0 Å². The van der Waals surface area contributed by atoms with Crippen molar-refractivity contribution in [2.24, 2.45) is 5.92 Å². The molecule has 0 aliphatic carbocycles. The highest BCUT2D eigenvalue weighted by molar-refractivity contribution is 5.39. The molecule has 0 aromatic carbocycles. The van der Waals surface area contributed by atoms with Gasteiger partial charge in [0, 0.05) is 0 Å². The summed E-state index contributed by atoms with van der Waals surface area (Å²) in [6.45, 7) is 1.88. The van der Waals surface area contributed by atoms with Gasteiger partial charge in [0.05, 0.1) is 17.5 Å². The van der Waals surface area contributed by atoms with Crippen molar-refractivity contribution in [3.63, 3.8) is 0 Å². The molecule has 0 radical (unpaired) electrons. The molecule has 18 heavy (non-hydrogen) atoms. The van der Waals surface area contributed by atoms with Crippen molar-refractivity contribution in [1.29, 1.82) is 5.26 Å². The van der Waals surface area contributed by atoms with Crippen LogP contribution >= 0.6 is 0 Å². The zero-order valence-electron chi connectivity index (χ0n) is 9.52. The monoisotopic (exact) mass is 262 g/mol. The van der Waals surface area contributed by atoms with Gasteiger partial charge < -0.3 is 0 Å². The molecule has 0 amide bonds. The van der Waals surface area contributed by atoms with Crippen LogP contribution in [-0.4, -0.2) is 20.9 Å². The Labute approximate surface area is 99.8 Å². The molecule has 0 bridgehead atoms. The fraction of sp³-hybridized carbons (Fsp3) is 0.556. The van der Waals surface area contributed by atoms with E-state index in [4.69, 9.17) is 5.26 Å². The Bertz CT molecular complexity index is 515. The average Bonchev–Trinajstić information content (AvgIpc) is 2.48. The maximum atomic E-state index is 12.4. The van der Waals surface area contributed by atoms with Gasteiger partial charge in [-0.25, -0.2) is 0 Å². The molecule has 1 atom stereocenters. The molecule has 0 saturated carbocycles. The van der Waals surface area contributed by atoms with Gasteiger partial charge in [-0.05, 0) is 13.8 Å². The lowest BCUT2D eigenvalue weighted by Gasteiger charge is -2.13. The second-order valence-corrected chi connectivity index (χ2v) is 3.68. The third kappa shape index (κ3) is 2.58. The van der Waals surface area contributed by atoms with Crippen LogP contribution in [0.25, 0.3) is 0 Å². The number of nitrogens with zero attached hydrogens (tertiary/aromatic N) is 4. The topological polar surface area (TPSA) is 84.8 Å². The lowest BCUT2D eigenvalue weighted by atomic mass is 10.1. The van der Waals surface area contributed by atoms with Crippen LogP contribution in [0.1, 0.15) is 11.4 Å². The molecule has 0 saturated heterocycles. The molecule has 0 fully saturated rings. The standard InChI is InChI=1S/C9H9F3N4O2/c1-5-8(16(17)18)6(2)15(14-5)4-7(3-13)9(10,11)12/h7H,4H2,1-2H3. The molecule has 1 rings (SSSR count). The lowest BCUT2D eigenvalue weighted by molar-refractivity contribution is -0.386. The molecule has 1 aromatic rings. The van der Waals surface area contributed by atoms with E-state index >= 15 is 0 Å². The molecule has 0 spiro atoms. The zero-order chi connectivity index (χ0) is 14.1. The summed E-state index contributed by atoms with van der Waals surface area (Å²) in [4.78, 5) is 9.97. The molecule has 1 heterocycles. The van der Waals surface area contributed by atoms with Gasteiger partial charge >= 0.3 is 11.9 Å². The third-order valence-corrected chi connectivity index (χ3v) is 2.43. The second kappa shape index (κ2) is 4.64. The molecule has 0 aliphatic heterocycles. The quantitative estimate of drug-likeness (QED) is 0.616. The van der Waals surface area contributed by atoms with Crippen molar-refractivity contribution >= 4 is 5.69 Å². The molecule has 98 valence electrons. The van der Waals surface area contributed by atoms with Gasteiger partial charge in [0.1, 0.15) is 11.4 Å². The summed E-state index contributed by atoms with van der Waals surface area (Å²) in [5, 5.41) is 22.8. The summed E-state index contributed by atoms with van der Waals surface area (Å²) >= 11 is 0. The van der Waals surface area contributed by atoms with Gasteiger partial charge in [-0.1, -0.05) is 0 Å². The maximum Gasteiger partial charge on any atom is 0.406 e. The van der Waals surface area contributed by atoms with E-state index in [0.717, 1.165) is 10.8 Å².